The first-order valence-corrected chi connectivity index (χ1v) is 8.52. The van der Waals surface area contributed by atoms with Gasteiger partial charge in [-0.15, -0.1) is 0 Å². The van der Waals surface area contributed by atoms with Crippen molar-refractivity contribution in [1.29, 1.82) is 0 Å². The maximum atomic E-state index is 12.1. The van der Waals surface area contributed by atoms with Crippen LogP contribution in [-0.2, 0) is 11.3 Å². The number of ether oxygens (including phenoxy) is 4. The van der Waals surface area contributed by atoms with Crippen LogP contribution in [0.1, 0.15) is 18.1 Å². The van der Waals surface area contributed by atoms with Crippen molar-refractivity contribution >= 4 is 12.0 Å². The second kappa shape index (κ2) is 10.1. The van der Waals surface area contributed by atoms with Gasteiger partial charge in [-0.2, -0.15) is 0 Å². The SMILES string of the molecule is CC=Cc1ccc(OCC(=O)NCc2ccc(OC)c(OC)c2)c(OC)c1. The third kappa shape index (κ3) is 5.67. The highest BCUT2D eigenvalue weighted by molar-refractivity contribution is 5.77. The molecular weight excluding hydrogens is 346 g/mol. The van der Waals surface area contributed by atoms with Crippen molar-refractivity contribution < 1.29 is 23.7 Å². The molecule has 0 aliphatic heterocycles. The molecule has 1 amide bonds. The maximum Gasteiger partial charge on any atom is 0.258 e. The van der Waals surface area contributed by atoms with Crippen LogP contribution in [0.15, 0.2) is 42.5 Å². The summed E-state index contributed by atoms with van der Waals surface area (Å²) in [5, 5.41) is 2.81. The van der Waals surface area contributed by atoms with E-state index in [1.807, 2.05) is 43.3 Å². The maximum absolute atomic E-state index is 12.1. The normalized spacial score (nSPS) is 10.5. The van der Waals surface area contributed by atoms with Gasteiger partial charge in [-0.25, -0.2) is 0 Å². The summed E-state index contributed by atoms with van der Waals surface area (Å²) in [6.45, 7) is 2.20. The van der Waals surface area contributed by atoms with Gasteiger partial charge >= 0.3 is 0 Å². The minimum Gasteiger partial charge on any atom is -0.493 e. The zero-order chi connectivity index (χ0) is 19.6. The number of amides is 1. The third-order valence-corrected chi connectivity index (χ3v) is 3.84. The topological polar surface area (TPSA) is 66.0 Å². The van der Waals surface area contributed by atoms with Crippen molar-refractivity contribution in [2.24, 2.45) is 0 Å². The number of hydrogen-bond donors (Lipinski definition) is 1. The van der Waals surface area contributed by atoms with Gasteiger partial charge in [-0.05, 0) is 42.3 Å². The predicted molar refractivity (Wildman–Crippen MR) is 105 cm³/mol. The molecule has 2 rings (SSSR count). The molecule has 0 heterocycles. The first-order valence-electron chi connectivity index (χ1n) is 8.52. The molecule has 0 unspecified atom stereocenters. The highest BCUT2D eigenvalue weighted by atomic mass is 16.5. The summed E-state index contributed by atoms with van der Waals surface area (Å²) >= 11 is 0. The fraction of sp³-hybridized carbons (Fsp3) is 0.286. The standard InChI is InChI=1S/C21H25NO5/c1-5-6-15-7-10-18(20(11-15)26-4)27-14-21(23)22-13-16-8-9-17(24-2)19(12-16)25-3/h5-12H,13-14H2,1-4H3,(H,22,23). The van der Waals surface area contributed by atoms with E-state index in [1.165, 1.54) is 0 Å². The Hall–Kier alpha value is -3.15. The molecule has 0 aliphatic rings. The lowest BCUT2D eigenvalue weighted by Crippen LogP contribution is -2.28. The lowest BCUT2D eigenvalue weighted by atomic mass is 10.2. The van der Waals surface area contributed by atoms with Gasteiger partial charge in [-0.3, -0.25) is 4.79 Å². The molecule has 6 heteroatoms. The van der Waals surface area contributed by atoms with Crippen molar-refractivity contribution in [1.82, 2.24) is 5.32 Å². The zero-order valence-corrected chi connectivity index (χ0v) is 16.1. The molecule has 0 aromatic heterocycles. The largest absolute Gasteiger partial charge is 0.493 e. The lowest BCUT2D eigenvalue weighted by molar-refractivity contribution is -0.123. The monoisotopic (exact) mass is 371 g/mol. The lowest BCUT2D eigenvalue weighted by Gasteiger charge is -2.12. The van der Waals surface area contributed by atoms with Crippen LogP contribution in [0.2, 0.25) is 0 Å². The van der Waals surface area contributed by atoms with Crippen molar-refractivity contribution in [3.05, 3.63) is 53.6 Å². The second-order valence-electron chi connectivity index (χ2n) is 5.67. The molecule has 2 aromatic carbocycles. The molecule has 0 spiro atoms. The first kappa shape index (κ1) is 20.2. The van der Waals surface area contributed by atoms with Crippen LogP contribution in [0.3, 0.4) is 0 Å². The van der Waals surface area contributed by atoms with Crippen LogP contribution in [0.25, 0.3) is 6.08 Å². The zero-order valence-electron chi connectivity index (χ0n) is 16.1. The van der Waals surface area contributed by atoms with Crippen LogP contribution in [-0.4, -0.2) is 33.8 Å². The van der Waals surface area contributed by atoms with E-state index < -0.39 is 0 Å². The van der Waals surface area contributed by atoms with Crippen LogP contribution in [0.4, 0.5) is 0 Å². The number of carbonyl (C=O) groups excluding carboxylic acids is 1. The average Bonchev–Trinajstić information content (AvgIpc) is 2.71. The predicted octanol–water partition coefficient (Wildman–Crippen LogP) is 3.44. The highest BCUT2D eigenvalue weighted by Gasteiger charge is 2.09. The van der Waals surface area contributed by atoms with Gasteiger partial charge < -0.3 is 24.3 Å². The second-order valence-corrected chi connectivity index (χ2v) is 5.67. The van der Waals surface area contributed by atoms with E-state index in [2.05, 4.69) is 5.32 Å². The molecular formula is C21H25NO5. The highest BCUT2D eigenvalue weighted by Crippen LogP contribution is 2.29. The Bertz CT molecular complexity index is 801. The minimum atomic E-state index is -0.232. The third-order valence-electron chi connectivity index (χ3n) is 3.84. The van der Waals surface area contributed by atoms with Gasteiger partial charge in [0.1, 0.15) is 0 Å². The molecule has 1 N–H and O–H groups in total. The number of nitrogens with one attached hydrogen (secondary N) is 1. The Morgan fingerprint density at radius 3 is 2.26 bits per heavy atom. The van der Waals surface area contributed by atoms with Crippen molar-refractivity contribution in [3.8, 4) is 23.0 Å². The van der Waals surface area contributed by atoms with E-state index in [9.17, 15) is 4.79 Å². The summed E-state index contributed by atoms with van der Waals surface area (Å²) in [5.74, 6) is 2.13. The van der Waals surface area contributed by atoms with Crippen molar-refractivity contribution in [3.63, 3.8) is 0 Å². The first-order chi connectivity index (χ1) is 13.1. The number of allylic oxidation sites excluding steroid dienone is 1. The van der Waals surface area contributed by atoms with Crippen LogP contribution >= 0.6 is 0 Å². The number of carbonyl (C=O) groups is 1. The van der Waals surface area contributed by atoms with Gasteiger partial charge in [0.15, 0.2) is 29.6 Å². The Kier molecular flexibility index (Phi) is 7.55. The number of hydrogen-bond acceptors (Lipinski definition) is 5. The van der Waals surface area contributed by atoms with E-state index in [4.69, 9.17) is 18.9 Å². The molecule has 0 radical (unpaired) electrons. The van der Waals surface area contributed by atoms with Crippen LogP contribution in [0.5, 0.6) is 23.0 Å². The van der Waals surface area contributed by atoms with Gasteiger partial charge in [0, 0.05) is 6.54 Å². The van der Waals surface area contributed by atoms with Crippen molar-refractivity contribution in [2.75, 3.05) is 27.9 Å². The number of rotatable bonds is 9. The van der Waals surface area contributed by atoms with Crippen LogP contribution in [0, 0.1) is 0 Å². The van der Waals surface area contributed by atoms with Gasteiger partial charge in [-0.1, -0.05) is 24.3 Å². The van der Waals surface area contributed by atoms with E-state index >= 15 is 0 Å². The molecule has 0 atom stereocenters. The molecule has 144 valence electrons. The fourth-order valence-corrected chi connectivity index (χ4v) is 2.49. The quantitative estimate of drug-likeness (QED) is 0.731. The molecule has 2 aromatic rings. The van der Waals surface area contributed by atoms with Gasteiger partial charge in [0.2, 0.25) is 0 Å². The molecule has 6 nitrogen and oxygen atoms in total. The average molecular weight is 371 g/mol. The number of benzene rings is 2. The molecule has 0 saturated carbocycles. The fourth-order valence-electron chi connectivity index (χ4n) is 2.49. The summed E-state index contributed by atoms with van der Waals surface area (Å²) in [5.41, 5.74) is 1.90. The molecule has 0 saturated heterocycles. The molecule has 0 bridgehead atoms. The van der Waals surface area contributed by atoms with Gasteiger partial charge in [0.25, 0.3) is 5.91 Å². The van der Waals surface area contributed by atoms with E-state index in [1.54, 1.807) is 33.5 Å². The van der Waals surface area contributed by atoms with E-state index in [-0.39, 0.29) is 12.5 Å². The van der Waals surface area contributed by atoms with E-state index in [0.29, 0.717) is 29.5 Å². The Labute approximate surface area is 159 Å². The Morgan fingerprint density at radius 2 is 1.59 bits per heavy atom. The smallest absolute Gasteiger partial charge is 0.258 e. The number of methoxy groups -OCH3 is 3. The summed E-state index contributed by atoms with van der Waals surface area (Å²) < 4.78 is 21.4. The molecule has 0 aliphatic carbocycles. The van der Waals surface area contributed by atoms with Crippen molar-refractivity contribution in [2.45, 2.75) is 13.5 Å². The molecule has 27 heavy (non-hydrogen) atoms. The van der Waals surface area contributed by atoms with Crippen LogP contribution < -0.4 is 24.3 Å². The Morgan fingerprint density at radius 1 is 0.926 bits per heavy atom. The minimum absolute atomic E-state index is 0.105. The molecule has 0 fully saturated rings. The Balaban J connectivity index is 1.91. The summed E-state index contributed by atoms with van der Waals surface area (Å²) in [6, 6.07) is 11.0. The summed E-state index contributed by atoms with van der Waals surface area (Å²) in [4.78, 5) is 12.1. The van der Waals surface area contributed by atoms with Gasteiger partial charge in [0.05, 0.1) is 21.3 Å². The summed E-state index contributed by atoms with van der Waals surface area (Å²) in [6.07, 6.45) is 3.90. The summed E-state index contributed by atoms with van der Waals surface area (Å²) in [7, 11) is 4.72. The van der Waals surface area contributed by atoms with E-state index in [0.717, 1.165) is 11.1 Å².